The molecule has 0 fully saturated rings. The van der Waals surface area contributed by atoms with E-state index in [0.29, 0.717) is 22.9 Å². The molecule has 0 aliphatic heterocycles. The molecule has 2 N–H and O–H groups in total. The summed E-state index contributed by atoms with van der Waals surface area (Å²) >= 11 is 0. The molecule has 0 heterocycles. The van der Waals surface area contributed by atoms with Gasteiger partial charge >= 0.3 is 0 Å². The Morgan fingerprint density at radius 2 is 1.81 bits per heavy atom. The summed E-state index contributed by atoms with van der Waals surface area (Å²) in [7, 11) is 3.35. The first-order valence-electron chi connectivity index (χ1n) is 6.51. The molecule has 2 aromatic rings. The van der Waals surface area contributed by atoms with Crippen molar-refractivity contribution < 1.29 is 14.3 Å². The maximum Gasteiger partial charge on any atom is 0.259 e. The monoisotopic (exact) mass is 286 g/mol. The van der Waals surface area contributed by atoms with E-state index in [-0.39, 0.29) is 12.5 Å². The van der Waals surface area contributed by atoms with Crippen molar-refractivity contribution in [1.82, 2.24) is 4.90 Å². The number of hydrogen-bond acceptors (Lipinski definition) is 4. The molecule has 0 atom stereocenters. The summed E-state index contributed by atoms with van der Waals surface area (Å²) in [4.78, 5) is 13.1. The predicted molar refractivity (Wildman–Crippen MR) is 81.6 cm³/mol. The number of anilines is 1. The highest BCUT2D eigenvalue weighted by molar-refractivity contribution is 5.77. The molecule has 0 aliphatic rings. The number of hydrogen-bond donors (Lipinski definition) is 1. The van der Waals surface area contributed by atoms with E-state index in [1.54, 1.807) is 32.3 Å². The first-order valence-corrected chi connectivity index (χ1v) is 6.51. The molecule has 0 aliphatic carbocycles. The zero-order chi connectivity index (χ0) is 15.2. The highest BCUT2D eigenvalue weighted by Crippen LogP contribution is 2.33. The number of para-hydroxylation sites is 1. The van der Waals surface area contributed by atoms with E-state index in [4.69, 9.17) is 15.2 Å². The number of benzene rings is 2. The lowest BCUT2D eigenvalue weighted by molar-refractivity contribution is -0.130. The van der Waals surface area contributed by atoms with Crippen LogP contribution in [-0.4, -0.2) is 31.5 Å². The smallest absolute Gasteiger partial charge is 0.259 e. The van der Waals surface area contributed by atoms with Crippen LogP contribution in [0.3, 0.4) is 0 Å². The van der Waals surface area contributed by atoms with Gasteiger partial charge in [-0.05, 0) is 24.3 Å². The third-order valence-electron chi connectivity index (χ3n) is 2.79. The van der Waals surface area contributed by atoms with Crippen molar-refractivity contribution in [1.29, 1.82) is 0 Å². The van der Waals surface area contributed by atoms with Gasteiger partial charge < -0.3 is 20.1 Å². The second kappa shape index (κ2) is 6.65. The van der Waals surface area contributed by atoms with E-state index < -0.39 is 0 Å². The number of carbonyl (C=O) groups excluding carboxylic acids is 1. The molecule has 5 heteroatoms. The normalized spacial score (nSPS) is 10.0. The number of likely N-dealkylation sites (N-methyl/N-ethyl adjacent to an activating group) is 1. The number of carbonyl (C=O) groups is 1. The van der Waals surface area contributed by atoms with Crippen LogP contribution in [0, 0.1) is 0 Å². The Kier molecular flexibility index (Phi) is 4.66. The molecular weight excluding hydrogens is 268 g/mol. The summed E-state index contributed by atoms with van der Waals surface area (Å²) in [5, 5.41) is 0. The lowest BCUT2D eigenvalue weighted by Crippen LogP contribution is -2.27. The molecule has 21 heavy (non-hydrogen) atoms. The zero-order valence-electron chi connectivity index (χ0n) is 12.1. The summed E-state index contributed by atoms with van der Waals surface area (Å²) in [6.07, 6.45) is 0. The fourth-order valence-corrected chi connectivity index (χ4v) is 1.61. The van der Waals surface area contributed by atoms with Gasteiger partial charge in [0.15, 0.2) is 18.1 Å². The van der Waals surface area contributed by atoms with Crippen LogP contribution >= 0.6 is 0 Å². The van der Waals surface area contributed by atoms with Gasteiger partial charge in [0, 0.05) is 25.8 Å². The predicted octanol–water partition coefficient (Wildman–Crippen LogP) is 2.53. The first kappa shape index (κ1) is 14.7. The van der Waals surface area contributed by atoms with Crippen LogP contribution in [0.25, 0.3) is 0 Å². The Balaban J connectivity index is 2.15. The number of nitrogens with two attached hydrogens (primary N) is 1. The fourth-order valence-electron chi connectivity index (χ4n) is 1.61. The molecule has 0 saturated carbocycles. The van der Waals surface area contributed by atoms with Crippen molar-refractivity contribution in [3.05, 3.63) is 48.5 Å². The van der Waals surface area contributed by atoms with Crippen molar-refractivity contribution in [3.8, 4) is 17.2 Å². The topological polar surface area (TPSA) is 64.8 Å². The van der Waals surface area contributed by atoms with Crippen molar-refractivity contribution in [2.75, 3.05) is 26.4 Å². The second-order valence-corrected chi connectivity index (χ2v) is 4.70. The van der Waals surface area contributed by atoms with E-state index >= 15 is 0 Å². The maximum atomic E-state index is 11.6. The van der Waals surface area contributed by atoms with Crippen LogP contribution in [0.2, 0.25) is 0 Å². The Morgan fingerprint density at radius 3 is 2.48 bits per heavy atom. The summed E-state index contributed by atoms with van der Waals surface area (Å²) in [6.45, 7) is -0.0679. The van der Waals surface area contributed by atoms with Gasteiger partial charge in [-0.15, -0.1) is 0 Å². The molecule has 1 amide bonds. The first-order chi connectivity index (χ1) is 10.1. The van der Waals surface area contributed by atoms with E-state index in [1.807, 2.05) is 30.3 Å². The van der Waals surface area contributed by atoms with Gasteiger partial charge in [-0.3, -0.25) is 4.79 Å². The largest absolute Gasteiger partial charge is 0.480 e. The molecule has 0 aromatic heterocycles. The number of rotatable bonds is 5. The van der Waals surface area contributed by atoms with Gasteiger partial charge in [0.2, 0.25) is 0 Å². The average Bonchev–Trinajstić information content (AvgIpc) is 2.48. The number of ether oxygens (including phenoxy) is 2. The third kappa shape index (κ3) is 4.14. The van der Waals surface area contributed by atoms with Gasteiger partial charge in [0.25, 0.3) is 5.91 Å². The fraction of sp³-hybridized carbons (Fsp3) is 0.188. The molecule has 0 saturated heterocycles. The highest BCUT2D eigenvalue weighted by atomic mass is 16.5. The van der Waals surface area contributed by atoms with E-state index in [9.17, 15) is 4.79 Å². The van der Waals surface area contributed by atoms with Crippen LogP contribution in [0.5, 0.6) is 17.2 Å². The maximum absolute atomic E-state index is 11.6. The van der Waals surface area contributed by atoms with Crippen LogP contribution in [0.15, 0.2) is 48.5 Å². The zero-order valence-corrected chi connectivity index (χ0v) is 12.1. The van der Waals surface area contributed by atoms with Gasteiger partial charge in [0.1, 0.15) is 5.75 Å². The summed E-state index contributed by atoms with van der Waals surface area (Å²) in [5.41, 5.74) is 6.30. The molecule has 110 valence electrons. The molecule has 2 rings (SSSR count). The second-order valence-electron chi connectivity index (χ2n) is 4.70. The number of amides is 1. The molecule has 0 unspecified atom stereocenters. The summed E-state index contributed by atoms with van der Waals surface area (Å²) in [6, 6.07) is 14.4. The highest BCUT2D eigenvalue weighted by Gasteiger charge is 2.10. The van der Waals surface area contributed by atoms with Gasteiger partial charge in [-0.25, -0.2) is 0 Å². The quantitative estimate of drug-likeness (QED) is 0.858. The van der Waals surface area contributed by atoms with Gasteiger partial charge in [-0.1, -0.05) is 18.2 Å². The SMILES string of the molecule is CN(C)C(=O)COc1cc(N)ccc1Oc1ccccc1. The molecule has 5 nitrogen and oxygen atoms in total. The standard InChI is InChI=1S/C16H18N2O3/c1-18(2)16(19)11-20-15-10-12(17)8-9-14(15)21-13-6-4-3-5-7-13/h3-10H,11,17H2,1-2H3. The Hall–Kier alpha value is -2.69. The van der Waals surface area contributed by atoms with Gasteiger partial charge in [-0.2, -0.15) is 0 Å². The third-order valence-corrected chi connectivity index (χ3v) is 2.79. The van der Waals surface area contributed by atoms with Crippen molar-refractivity contribution in [2.45, 2.75) is 0 Å². The van der Waals surface area contributed by atoms with Crippen LogP contribution in [0.1, 0.15) is 0 Å². The Morgan fingerprint density at radius 1 is 1.10 bits per heavy atom. The Labute approximate surface area is 123 Å². The molecule has 2 aromatic carbocycles. The van der Waals surface area contributed by atoms with Crippen molar-refractivity contribution in [3.63, 3.8) is 0 Å². The molecule has 0 spiro atoms. The molecule has 0 radical (unpaired) electrons. The number of nitrogen functional groups attached to an aromatic ring is 1. The van der Waals surface area contributed by atoms with E-state index in [2.05, 4.69) is 0 Å². The van der Waals surface area contributed by atoms with E-state index in [1.165, 1.54) is 4.90 Å². The average molecular weight is 286 g/mol. The molecule has 0 bridgehead atoms. The molecular formula is C16H18N2O3. The van der Waals surface area contributed by atoms with Crippen molar-refractivity contribution in [2.24, 2.45) is 0 Å². The summed E-state index contributed by atoms with van der Waals surface area (Å²) < 4.78 is 11.3. The number of nitrogens with zero attached hydrogens (tertiary/aromatic N) is 1. The van der Waals surface area contributed by atoms with Crippen LogP contribution < -0.4 is 15.2 Å². The minimum absolute atomic E-state index is 0.0679. The van der Waals surface area contributed by atoms with E-state index in [0.717, 1.165) is 0 Å². The minimum Gasteiger partial charge on any atom is -0.480 e. The summed E-state index contributed by atoms with van der Waals surface area (Å²) in [5.74, 6) is 1.50. The Bertz CT molecular complexity index is 612. The van der Waals surface area contributed by atoms with Crippen LogP contribution in [-0.2, 0) is 4.79 Å². The minimum atomic E-state index is -0.136. The van der Waals surface area contributed by atoms with Crippen LogP contribution in [0.4, 0.5) is 5.69 Å². The van der Waals surface area contributed by atoms with Crippen molar-refractivity contribution >= 4 is 11.6 Å². The lowest BCUT2D eigenvalue weighted by Gasteiger charge is -2.15. The lowest BCUT2D eigenvalue weighted by atomic mass is 10.2. The van der Waals surface area contributed by atoms with Gasteiger partial charge in [0.05, 0.1) is 0 Å².